The molecule has 100 valence electrons. The highest BCUT2D eigenvalue weighted by molar-refractivity contribution is 5.41. The third kappa shape index (κ3) is 3.32. The van der Waals surface area contributed by atoms with Crippen LogP contribution in [-0.4, -0.2) is 42.3 Å². The predicted octanol–water partition coefficient (Wildman–Crippen LogP) is 1.91. The van der Waals surface area contributed by atoms with Crippen molar-refractivity contribution in [2.75, 3.05) is 36.5 Å². The fourth-order valence-electron chi connectivity index (χ4n) is 2.13. The number of anilines is 2. The summed E-state index contributed by atoms with van der Waals surface area (Å²) in [5.41, 5.74) is 0. The second-order valence-electron chi connectivity index (χ2n) is 4.43. The molecule has 1 aliphatic rings. The molecule has 18 heavy (non-hydrogen) atoms. The molecule has 0 saturated carbocycles. The van der Waals surface area contributed by atoms with E-state index in [2.05, 4.69) is 34.0 Å². The average Bonchev–Trinajstić information content (AvgIpc) is 2.92. The molecule has 0 spiro atoms. The van der Waals surface area contributed by atoms with Crippen molar-refractivity contribution in [3.63, 3.8) is 0 Å². The normalized spacial score (nSPS) is 18.9. The average molecular weight is 250 g/mol. The molecule has 1 N–H and O–H groups in total. The van der Waals surface area contributed by atoms with Crippen molar-refractivity contribution in [3.05, 3.63) is 12.3 Å². The summed E-state index contributed by atoms with van der Waals surface area (Å²) >= 11 is 0. The first-order valence-corrected chi connectivity index (χ1v) is 6.77. The number of aromatic nitrogens is 2. The van der Waals surface area contributed by atoms with Crippen LogP contribution in [0.5, 0.6) is 0 Å². The minimum Gasteiger partial charge on any atom is -0.376 e. The van der Waals surface area contributed by atoms with Crippen molar-refractivity contribution in [2.24, 2.45) is 0 Å². The monoisotopic (exact) mass is 250 g/mol. The van der Waals surface area contributed by atoms with Gasteiger partial charge in [-0.15, -0.1) is 0 Å². The summed E-state index contributed by atoms with van der Waals surface area (Å²) in [5, 5.41) is 3.33. The molecule has 1 saturated heterocycles. The Morgan fingerprint density at radius 3 is 2.94 bits per heavy atom. The molecule has 1 unspecified atom stereocenters. The van der Waals surface area contributed by atoms with Crippen LogP contribution in [0.15, 0.2) is 12.3 Å². The maximum Gasteiger partial charge on any atom is 0.227 e. The van der Waals surface area contributed by atoms with E-state index in [0.29, 0.717) is 6.10 Å². The maximum atomic E-state index is 5.58. The number of ether oxygens (including phenoxy) is 1. The van der Waals surface area contributed by atoms with Crippen molar-refractivity contribution in [1.82, 2.24) is 9.97 Å². The predicted molar refractivity (Wildman–Crippen MR) is 73.1 cm³/mol. The molecule has 0 bridgehead atoms. The Hall–Kier alpha value is -1.36. The van der Waals surface area contributed by atoms with E-state index in [0.717, 1.165) is 44.4 Å². The van der Waals surface area contributed by atoms with Crippen LogP contribution in [0, 0.1) is 0 Å². The standard InChI is InChI=1S/C13H22N4O/c1-3-17(4-2)13-14-8-7-12(16-13)15-10-11-6-5-9-18-11/h7-8,11H,3-6,9-10H2,1-2H3,(H,14,15,16). The first-order chi connectivity index (χ1) is 8.83. The summed E-state index contributed by atoms with van der Waals surface area (Å²) in [5.74, 6) is 1.67. The van der Waals surface area contributed by atoms with E-state index < -0.39 is 0 Å². The summed E-state index contributed by atoms with van der Waals surface area (Å²) in [7, 11) is 0. The highest BCUT2D eigenvalue weighted by Gasteiger charge is 2.15. The van der Waals surface area contributed by atoms with E-state index in [1.54, 1.807) is 6.20 Å². The van der Waals surface area contributed by atoms with Gasteiger partial charge in [0, 0.05) is 32.4 Å². The van der Waals surface area contributed by atoms with Gasteiger partial charge >= 0.3 is 0 Å². The Kier molecular flexibility index (Phi) is 4.75. The van der Waals surface area contributed by atoms with Gasteiger partial charge in [0.25, 0.3) is 0 Å². The second kappa shape index (κ2) is 6.54. The largest absolute Gasteiger partial charge is 0.376 e. The minimum atomic E-state index is 0.330. The number of hydrogen-bond acceptors (Lipinski definition) is 5. The molecule has 1 fully saturated rings. The Labute approximate surface area is 109 Å². The summed E-state index contributed by atoms with van der Waals surface area (Å²) in [6.45, 7) is 7.78. The Balaban J connectivity index is 1.93. The number of hydrogen-bond donors (Lipinski definition) is 1. The zero-order valence-corrected chi connectivity index (χ0v) is 11.2. The van der Waals surface area contributed by atoms with Crippen molar-refractivity contribution < 1.29 is 4.74 Å². The first kappa shape index (κ1) is 13.1. The van der Waals surface area contributed by atoms with Gasteiger partial charge in [0.15, 0.2) is 0 Å². The molecule has 2 heterocycles. The van der Waals surface area contributed by atoms with E-state index in [1.807, 2.05) is 6.07 Å². The van der Waals surface area contributed by atoms with Gasteiger partial charge in [-0.1, -0.05) is 0 Å². The van der Waals surface area contributed by atoms with E-state index in [-0.39, 0.29) is 0 Å². The molecule has 1 aliphatic heterocycles. The van der Waals surface area contributed by atoms with Crippen molar-refractivity contribution in [2.45, 2.75) is 32.8 Å². The van der Waals surface area contributed by atoms with Crippen molar-refractivity contribution in [3.8, 4) is 0 Å². The van der Waals surface area contributed by atoms with Gasteiger partial charge < -0.3 is 15.0 Å². The van der Waals surface area contributed by atoms with Crippen LogP contribution in [-0.2, 0) is 4.74 Å². The van der Waals surface area contributed by atoms with Crippen LogP contribution in [0.3, 0.4) is 0 Å². The van der Waals surface area contributed by atoms with Crippen LogP contribution < -0.4 is 10.2 Å². The second-order valence-corrected chi connectivity index (χ2v) is 4.43. The third-order valence-electron chi connectivity index (χ3n) is 3.22. The number of nitrogens with one attached hydrogen (secondary N) is 1. The molecule has 0 aliphatic carbocycles. The molecule has 1 aromatic rings. The molecule has 5 heteroatoms. The molecular formula is C13H22N4O. The lowest BCUT2D eigenvalue weighted by Gasteiger charge is -2.19. The van der Waals surface area contributed by atoms with Gasteiger partial charge in [-0.3, -0.25) is 0 Å². The van der Waals surface area contributed by atoms with Crippen LogP contribution >= 0.6 is 0 Å². The molecule has 0 amide bonds. The fourth-order valence-corrected chi connectivity index (χ4v) is 2.13. The maximum absolute atomic E-state index is 5.58. The molecule has 0 aromatic carbocycles. The topological polar surface area (TPSA) is 50.3 Å². The summed E-state index contributed by atoms with van der Waals surface area (Å²) in [6, 6.07) is 1.90. The lowest BCUT2D eigenvalue weighted by atomic mass is 10.2. The Morgan fingerprint density at radius 2 is 2.28 bits per heavy atom. The zero-order valence-electron chi connectivity index (χ0n) is 11.2. The quantitative estimate of drug-likeness (QED) is 0.836. The summed E-state index contributed by atoms with van der Waals surface area (Å²) in [6.07, 6.45) is 4.44. The molecule has 1 atom stereocenters. The highest BCUT2D eigenvalue weighted by Crippen LogP contribution is 2.14. The van der Waals surface area contributed by atoms with Crippen LogP contribution in [0.2, 0.25) is 0 Å². The van der Waals surface area contributed by atoms with Gasteiger partial charge in [-0.25, -0.2) is 4.98 Å². The molecule has 1 aromatic heterocycles. The molecule has 5 nitrogen and oxygen atoms in total. The number of rotatable bonds is 6. The van der Waals surface area contributed by atoms with E-state index >= 15 is 0 Å². The van der Waals surface area contributed by atoms with E-state index in [4.69, 9.17) is 4.74 Å². The SMILES string of the molecule is CCN(CC)c1nccc(NCC2CCCO2)n1. The Bertz CT molecular complexity index is 362. The highest BCUT2D eigenvalue weighted by atomic mass is 16.5. The Morgan fingerprint density at radius 1 is 1.44 bits per heavy atom. The zero-order chi connectivity index (χ0) is 12.8. The van der Waals surface area contributed by atoms with Crippen molar-refractivity contribution >= 4 is 11.8 Å². The van der Waals surface area contributed by atoms with Crippen LogP contribution in [0.4, 0.5) is 11.8 Å². The van der Waals surface area contributed by atoms with Gasteiger partial charge in [0.05, 0.1) is 6.10 Å². The van der Waals surface area contributed by atoms with Crippen molar-refractivity contribution in [1.29, 1.82) is 0 Å². The molecule has 0 radical (unpaired) electrons. The lowest BCUT2D eigenvalue weighted by molar-refractivity contribution is 0.120. The fraction of sp³-hybridized carbons (Fsp3) is 0.692. The lowest BCUT2D eigenvalue weighted by Crippen LogP contribution is -2.25. The summed E-state index contributed by atoms with van der Waals surface area (Å²) < 4.78 is 5.58. The van der Waals surface area contributed by atoms with Gasteiger partial charge in [0.2, 0.25) is 5.95 Å². The first-order valence-electron chi connectivity index (χ1n) is 6.77. The minimum absolute atomic E-state index is 0.330. The van der Waals surface area contributed by atoms with Crippen LogP contribution in [0.25, 0.3) is 0 Å². The smallest absolute Gasteiger partial charge is 0.227 e. The van der Waals surface area contributed by atoms with E-state index in [1.165, 1.54) is 6.42 Å². The van der Waals surface area contributed by atoms with Crippen LogP contribution in [0.1, 0.15) is 26.7 Å². The molecular weight excluding hydrogens is 228 g/mol. The van der Waals surface area contributed by atoms with E-state index in [9.17, 15) is 0 Å². The summed E-state index contributed by atoms with van der Waals surface area (Å²) in [4.78, 5) is 11.0. The van der Waals surface area contributed by atoms with Gasteiger partial charge in [-0.05, 0) is 32.8 Å². The van der Waals surface area contributed by atoms with Gasteiger partial charge in [-0.2, -0.15) is 4.98 Å². The third-order valence-corrected chi connectivity index (χ3v) is 3.22. The van der Waals surface area contributed by atoms with Gasteiger partial charge in [0.1, 0.15) is 5.82 Å². The molecule has 2 rings (SSSR count). The number of nitrogens with zero attached hydrogens (tertiary/aromatic N) is 3.